The minimum atomic E-state index is -1.44. The molecule has 0 atom stereocenters. The summed E-state index contributed by atoms with van der Waals surface area (Å²) in [6, 6.07) is 10.1. The second-order valence-corrected chi connectivity index (χ2v) is 17.2. The molecule has 0 saturated carbocycles. The van der Waals surface area contributed by atoms with E-state index in [-0.39, 0.29) is 0 Å². The predicted octanol–water partition coefficient (Wildman–Crippen LogP) is 4.33. The number of rotatable bonds is 1. The standard InChI is InChI=1S/C19H24N2Si2/c1-22(2,3)14-12-17-16-21(18-10-8-7-9-11-18)20-19(17)13-15-23(4,5)6/h7-11,16H,1-6H3. The fraction of sp³-hybridized carbons (Fsp3) is 0.316. The molecule has 4 heteroatoms. The van der Waals surface area contributed by atoms with Gasteiger partial charge in [-0.25, -0.2) is 4.68 Å². The summed E-state index contributed by atoms with van der Waals surface area (Å²) in [4.78, 5) is 0. The molecule has 0 N–H and O–H groups in total. The SMILES string of the molecule is C[Si](C)(C)C#Cc1cn(-c2ccccc2)nc1C#C[Si](C)(C)C. The quantitative estimate of drug-likeness (QED) is 0.560. The number of hydrogen-bond donors (Lipinski definition) is 0. The predicted molar refractivity (Wildman–Crippen MR) is 104 cm³/mol. The van der Waals surface area contributed by atoms with E-state index in [0.29, 0.717) is 0 Å². The van der Waals surface area contributed by atoms with Crippen LogP contribution >= 0.6 is 0 Å². The van der Waals surface area contributed by atoms with Crippen molar-refractivity contribution >= 4 is 16.1 Å². The van der Waals surface area contributed by atoms with Crippen molar-refractivity contribution in [1.82, 2.24) is 9.78 Å². The van der Waals surface area contributed by atoms with Gasteiger partial charge in [0.05, 0.1) is 11.3 Å². The van der Waals surface area contributed by atoms with Crippen LogP contribution in [0.15, 0.2) is 36.5 Å². The van der Waals surface area contributed by atoms with Gasteiger partial charge in [-0.1, -0.05) is 69.3 Å². The first-order valence-corrected chi connectivity index (χ1v) is 14.9. The summed E-state index contributed by atoms with van der Waals surface area (Å²) in [6.45, 7) is 13.4. The molecular formula is C19H24N2Si2. The van der Waals surface area contributed by atoms with Gasteiger partial charge in [0.2, 0.25) is 0 Å². The van der Waals surface area contributed by atoms with Crippen LogP contribution < -0.4 is 0 Å². The van der Waals surface area contributed by atoms with Crippen molar-refractivity contribution in [2.24, 2.45) is 0 Å². The van der Waals surface area contributed by atoms with E-state index in [4.69, 9.17) is 0 Å². The Kier molecular flexibility index (Phi) is 4.99. The molecule has 0 aliphatic rings. The normalized spacial score (nSPS) is 11.2. The molecule has 0 bridgehead atoms. The molecule has 0 unspecified atom stereocenters. The van der Waals surface area contributed by atoms with E-state index in [1.54, 1.807) is 0 Å². The third kappa shape index (κ3) is 5.60. The lowest BCUT2D eigenvalue weighted by Gasteiger charge is -2.03. The molecule has 23 heavy (non-hydrogen) atoms. The smallest absolute Gasteiger partial charge is 0.150 e. The van der Waals surface area contributed by atoms with Gasteiger partial charge in [-0.15, -0.1) is 11.1 Å². The topological polar surface area (TPSA) is 17.8 Å². The Hall–Kier alpha value is -2.02. The third-order valence-electron chi connectivity index (χ3n) is 2.86. The Morgan fingerprint density at radius 3 is 1.96 bits per heavy atom. The van der Waals surface area contributed by atoms with Gasteiger partial charge < -0.3 is 0 Å². The molecule has 1 aromatic heterocycles. The zero-order chi connectivity index (χ0) is 17.1. The third-order valence-corrected chi connectivity index (χ3v) is 4.61. The number of benzene rings is 1. The molecular weight excluding hydrogens is 312 g/mol. The molecule has 2 nitrogen and oxygen atoms in total. The first kappa shape index (κ1) is 17.3. The Bertz CT molecular complexity index is 749. The van der Waals surface area contributed by atoms with E-state index in [1.165, 1.54) is 0 Å². The summed E-state index contributed by atoms with van der Waals surface area (Å²) in [6.07, 6.45) is 2.00. The van der Waals surface area contributed by atoms with E-state index < -0.39 is 16.1 Å². The molecule has 2 aromatic rings. The summed E-state index contributed by atoms with van der Waals surface area (Å²) in [5.41, 5.74) is 9.57. The number of nitrogens with zero attached hydrogens (tertiary/aromatic N) is 2. The maximum atomic E-state index is 4.66. The van der Waals surface area contributed by atoms with E-state index >= 15 is 0 Å². The number of para-hydroxylation sites is 1. The second-order valence-electron chi connectivity index (χ2n) is 7.67. The Morgan fingerprint density at radius 2 is 1.39 bits per heavy atom. The first-order chi connectivity index (χ1) is 10.6. The van der Waals surface area contributed by atoms with Gasteiger partial charge in [-0.05, 0) is 12.1 Å². The van der Waals surface area contributed by atoms with Crippen molar-refractivity contribution in [3.63, 3.8) is 0 Å². The highest BCUT2D eigenvalue weighted by Gasteiger charge is 2.12. The molecule has 0 aliphatic carbocycles. The summed E-state index contributed by atoms with van der Waals surface area (Å²) >= 11 is 0. The van der Waals surface area contributed by atoms with Crippen molar-refractivity contribution in [2.45, 2.75) is 39.3 Å². The van der Waals surface area contributed by atoms with Gasteiger partial charge in [0.15, 0.2) is 5.69 Å². The van der Waals surface area contributed by atoms with Crippen LogP contribution in [0.2, 0.25) is 39.3 Å². The van der Waals surface area contributed by atoms with Crippen LogP contribution in [0.25, 0.3) is 5.69 Å². The summed E-state index contributed by atoms with van der Waals surface area (Å²) < 4.78 is 1.88. The van der Waals surface area contributed by atoms with Gasteiger partial charge in [-0.2, -0.15) is 5.10 Å². The number of hydrogen-bond acceptors (Lipinski definition) is 1. The highest BCUT2D eigenvalue weighted by Crippen LogP contribution is 2.12. The van der Waals surface area contributed by atoms with Crippen molar-refractivity contribution in [2.75, 3.05) is 0 Å². The van der Waals surface area contributed by atoms with E-state index in [0.717, 1.165) is 16.9 Å². The molecule has 0 amide bonds. The zero-order valence-corrected chi connectivity index (χ0v) is 16.9. The van der Waals surface area contributed by atoms with Gasteiger partial charge >= 0.3 is 0 Å². The summed E-state index contributed by atoms with van der Waals surface area (Å²) in [7, 11) is -2.87. The van der Waals surface area contributed by atoms with Crippen molar-refractivity contribution in [1.29, 1.82) is 0 Å². The lowest BCUT2D eigenvalue weighted by Crippen LogP contribution is -2.16. The molecule has 0 aliphatic heterocycles. The Labute approximate surface area is 142 Å². The molecule has 1 heterocycles. The van der Waals surface area contributed by atoms with Crippen LogP contribution in [0.3, 0.4) is 0 Å². The maximum absolute atomic E-state index is 4.66. The van der Waals surface area contributed by atoms with Crippen molar-refractivity contribution < 1.29 is 0 Å². The molecule has 0 spiro atoms. The lowest BCUT2D eigenvalue weighted by atomic mass is 10.3. The largest absolute Gasteiger partial charge is 0.238 e. The minimum Gasteiger partial charge on any atom is -0.238 e. The molecule has 0 radical (unpaired) electrons. The first-order valence-electron chi connectivity index (χ1n) is 7.85. The highest BCUT2D eigenvalue weighted by molar-refractivity contribution is 6.84. The second kappa shape index (κ2) is 6.62. The van der Waals surface area contributed by atoms with Crippen molar-refractivity contribution in [3.05, 3.63) is 47.8 Å². The van der Waals surface area contributed by atoms with Gasteiger partial charge in [-0.3, -0.25) is 0 Å². The Balaban J connectivity index is 2.51. The Morgan fingerprint density at radius 1 is 0.826 bits per heavy atom. The van der Waals surface area contributed by atoms with E-state index in [1.807, 2.05) is 41.2 Å². The molecule has 0 saturated heterocycles. The van der Waals surface area contributed by atoms with Crippen molar-refractivity contribution in [3.8, 4) is 28.6 Å². The average molecular weight is 337 g/mol. The van der Waals surface area contributed by atoms with Gasteiger partial charge in [0.1, 0.15) is 16.1 Å². The van der Waals surface area contributed by atoms with Gasteiger partial charge in [0.25, 0.3) is 0 Å². The average Bonchev–Trinajstić information content (AvgIpc) is 2.86. The van der Waals surface area contributed by atoms with Crippen LogP contribution in [0, 0.1) is 22.9 Å². The van der Waals surface area contributed by atoms with Gasteiger partial charge in [0, 0.05) is 6.20 Å². The lowest BCUT2D eigenvalue weighted by molar-refractivity contribution is 0.874. The van der Waals surface area contributed by atoms with Crippen LogP contribution in [0.4, 0.5) is 0 Å². The summed E-state index contributed by atoms with van der Waals surface area (Å²) in [5, 5.41) is 4.66. The fourth-order valence-corrected chi connectivity index (χ4v) is 2.78. The molecule has 2 rings (SSSR count). The van der Waals surface area contributed by atoms with E-state index in [2.05, 4.69) is 67.3 Å². The van der Waals surface area contributed by atoms with Crippen LogP contribution in [-0.4, -0.2) is 25.9 Å². The maximum Gasteiger partial charge on any atom is 0.150 e. The van der Waals surface area contributed by atoms with Crippen LogP contribution in [0.5, 0.6) is 0 Å². The fourth-order valence-electron chi connectivity index (χ4n) is 1.77. The molecule has 118 valence electrons. The van der Waals surface area contributed by atoms with Crippen LogP contribution in [0.1, 0.15) is 11.3 Å². The molecule has 1 aromatic carbocycles. The monoisotopic (exact) mass is 336 g/mol. The minimum absolute atomic E-state index is 0.794. The summed E-state index contributed by atoms with van der Waals surface area (Å²) in [5.74, 6) is 6.59. The zero-order valence-electron chi connectivity index (χ0n) is 14.9. The number of aromatic nitrogens is 2. The molecule has 0 fully saturated rings. The van der Waals surface area contributed by atoms with Crippen LogP contribution in [-0.2, 0) is 0 Å². The highest BCUT2D eigenvalue weighted by atomic mass is 28.3. The van der Waals surface area contributed by atoms with E-state index in [9.17, 15) is 0 Å².